The molecule has 0 saturated carbocycles. The first-order valence-electron chi connectivity index (χ1n) is 7.17. The first-order chi connectivity index (χ1) is 11.5. The molecule has 0 amide bonds. The molecule has 0 aliphatic rings. The molecule has 0 bridgehead atoms. The number of hydrogen-bond donors (Lipinski definition) is 3. The standard InChI is InChI=1S/C17H14N4O3/c1-10(22)12-3-2-4-13(9-12)18-20-16-15(19-21-17(16)24)11-5-7-14(23)8-6-11/h2-9,23H,1H3,(H2,19,21,24). The third kappa shape index (κ3) is 3.14. The highest BCUT2D eigenvalue weighted by Gasteiger charge is 2.11. The number of rotatable bonds is 4. The van der Waals surface area contributed by atoms with Crippen molar-refractivity contribution in [2.24, 2.45) is 10.2 Å². The number of H-pyrrole nitrogens is 2. The van der Waals surface area contributed by atoms with Crippen LogP contribution in [0.1, 0.15) is 17.3 Å². The van der Waals surface area contributed by atoms with E-state index in [1.165, 1.54) is 19.1 Å². The van der Waals surface area contributed by atoms with Gasteiger partial charge in [0.1, 0.15) is 5.75 Å². The van der Waals surface area contributed by atoms with E-state index in [1.807, 2.05) is 0 Å². The Labute approximate surface area is 136 Å². The highest BCUT2D eigenvalue weighted by Crippen LogP contribution is 2.27. The fraction of sp³-hybridized carbons (Fsp3) is 0.0588. The summed E-state index contributed by atoms with van der Waals surface area (Å²) in [7, 11) is 0. The number of aromatic hydroxyl groups is 1. The van der Waals surface area contributed by atoms with Crippen molar-refractivity contribution in [1.82, 2.24) is 10.2 Å². The van der Waals surface area contributed by atoms with E-state index in [1.54, 1.807) is 36.4 Å². The predicted molar refractivity (Wildman–Crippen MR) is 89.1 cm³/mol. The van der Waals surface area contributed by atoms with Gasteiger partial charge in [-0.15, -0.1) is 5.11 Å². The van der Waals surface area contributed by atoms with Crippen molar-refractivity contribution in [3.63, 3.8) is 0 Å². The molecule has 7 heteroatoms. The summed E-state index contributed by atoms with van der Waals surface area (Å²) < 4.78 is 0. The molecule has 24 heavy (non-hydrogen) atoms. The number of nitrogens with zero attached hydrogens (tertiary/aromatic N) is 2. The molecule has 3 rings (SSSR count). The maximum atomic E-state index is 11.9. The van der Waals surface area contributed by atoms with E-state index in [0.717, 1.165) is 0 Å². The minimum absolute atomic E-state index is 0.0728. The van der Waals surface area contributed by atoms with Crippen LogP contribution in [-0.4, -0.2) is 21.1 Å². The molecule has 0 aliphatic carbocycles. The SMILES string of the molecule is CC(=O)c1cccc(N=Nc2c(-c3ccc(O)cc3)[nH][nH]c2=O)c1. The summed E-state index contributed by atoms with van der Waals surface area (Å²) in [6.45, 7) is 1.47. The minimum atomic E-state index is -0.412. The molecule has 0 radical (unpaired) electrons. The van der Waals surface area contributed by atoms with Crippen LogP contribution in [-0.2, 0) is 0 Å². The Morgan fingerprint density at radius 2 is 1.79 bits per heavy atom. The molecule has 3 N–H and O–H groups in total. The van der Waals surface area contributed by atoms with Crippen LogP contribution in [0, 0.1) is 0 Å². The number of Topliss-reactive ketones (excluding diaryl/α,β-unsaturated/α-hetero) is 1. The van der Waals surface area contributed by atoms with E-state index in [0.29, 0.717) is 22.5 Å². The molecule has 0 aliphatic heterocycles. The number of benzene rings is 2. The zero-order valence-corrected chi connectivity index (χ0v) is 12.8. The Morgan fingerprint density at radius 1 is 1.04 bits per heavy atom. The number of ketones is 1. The van der Waals surface area contributed by atoms with Gasteiger partial charge in [0.05, 0.1) is 11.4 Å². The van der Waals surface area contributed by atoms with Gasteiger partial charge in [-0.3, -0.25) is 19.8 Å². The number of aromatic amines is 2. The van der Waals surface area contributed by atoms with Crippen molar-refractivity contribution in [2.45, 2.75) is 6.92 Å². The van der Waals surface area contributed by atoms with Gasteiger partial charge in [-0.1, -0.05) is 12.1 Å². The number of aromatic nitrogens is 2. The van der Waals surface area contributed by atoms with Crippen LogP contribution in [0.25, 0.3) is 11.3 Å². The number of azo groups is 1. The van der Waals surface area contributed by atoms with Gasteiger partial charge < -0.3 is 5.11 Å². The van der Waals surface area contributed by atoms with Crippen molar-refractivity contribution >= 4 is 17.2 Å². The van der Waals surface area contributed by atoms with Gasteiger partial charge in [-0.25, -0.2) is 0 Å². The number of carbonyl (C=O) groups is 1. The second-order valence-electron chi connectivity index (χ2n) is 5.16. The van der Waals surface area contributed by atoms with Crippen LogP contribution < -0.4 is 5.56 Å². The third-order valence-electron chi connectivity index (χ3n) is 3.43. The summed E-state index contributed by atoms with van der Waals surface area (Å²) >= 11 is 0. The van der Waals surface area contributed by atoms with E-state index in [2.05, 4.69) is 20.4 Å². The molecule has 0 atom stereocenters. The van der Waals surface area contributed by atoms with E-state index < -0.39 is 5.56 Å². The van der Waals surface area contributed by atoms with Crippen molar-refractivity contribution in [3.8, 4) is 17.0 Å². The summed E-state index contributed by atoms with van der Waals surface area (Å²) in [5.74, 6) is 0.0529. The number of carbonyl (C=O) groups excluding carboxylic acids is 1. The maximum Gasteiger partial charge on any atom is 0.292 e. The van der Waals surface area contributed by atoms with E-state index >= 15 is 0 Å². The van der Waals surface area contributed by atoms with Crippen LogP contribution >= 0.6 is 0 Å². The first-order valence-corrected chi connectivity index (χ1v) is 7.17. The Kier molecular flexibility index (Phi) is 4.07. The van der Waals surface area contributed by atoms with E-state index in [4.69, 9.17) is 0 Å². The lowest BCUT2D eigenvalue weighted by atomic mass is 10.1. The molecule has 2 aromatic carbocycles. The second-order valence-corrected chi connectivity index (χ2v) is 5.16. The third-order valence-corrected chi connectivity index (χ3v) is 3.43. The normalized spacial score (nSPS) is 11.0. The molecular formula is C17H14N4O3. The van der Waals surface area contributed by atoms with Crippen molar-refractivity contribution in [1.29, 1.82) is 0 Å². The van der Waals surface area contributed by atoms with Gasteiger partial charge in [0.15, 0.2) is 11.5 Å². The summed E-state index contributed by atoms with van der Waals surface area (Å²) in [5, 5.41) is 22.6. The van der Waals surface area contributed by atoms with Crippen LogP contribution in [0.3, 0.4) is 0 Å². The van der Waals surface area contributed by atoms with Gasteiger partial charge >= 0.3 is 0 Å². The zero-order valence-electron chi connectivity index (χ0n) is 12.8. The Bertz CT molecular complexity index is 968. The maximum absolute atomic E-state index is 11.9. The fourth-order valence-corrected chi connectivity index (χ4v) is 2.18. The van der Waals surface area contributed by atoms with E-state index in [9.17, 15) is 14.7 Å². The molecule has 7 nitrogen and oxygen atoms in total. The fourth-order valence-electron chi connectivity index (χ4n) is 2.18. The van der Waals surface area contributed by atoms with Crippen molar-refractivity contribution in [2.75, 3.05) is 0 Å². The molecule has 1 aromatic heterocycles. The van der Waals surface area contributed by atoms with Gasteiger partial charge in [0, 0.05) is 11.1 Å². The summed E-state index contributed by atoms with van der Waals surface area (Å²) in [6.07, 6.45) is 0. The Hall–Kier alpha value is -3.48. The monoisotopic (exact) mass is 322 g/mol. The average Bonchev–Trinajstić information content (AvgIpc) is 2.95. The highest BCUT2D eigenvalue weighted by atomic mass is 16.3. The second kappa shape index (κ2) is 6.33. The average molecular weight is 322 g/mol. The lowest BCUT2D eigenvalue weighted by Gasteiger charge is -1.99. The van der Waals surface area contributed by atoms with Crippen molar-refractivity contribution < 1.29 is 9.90 Å². The van der Waals surface area contributed by atoms with Gasteiger partial charge in [0.25, 0.3) is 5.56 Å². The predicted octanol–water partition coefficient (Wildman–Crippen LogP) is 3.69. The molecule has 1 heterocycles. The lowest BCUT2D eigenvalue weighted by molar-refractivity contribution is 0.101. The summed E-state index contributed by atoms with van der Waals surface area (Å²) in [6, 6.07) is 13.0. The minimum Gasteiger partial charge on any atom is -0.508 e. The topological polar surface area (TPSA) is 111 Å². The van der Waals surface area contributed by atoms with E-state index in [-0.39, 0.29) is 17.2 Å². The number of phenols is 1. The quantitative estimate of drug-likeness (QED) is 0.503. The summed E-state index contributed by atoms with van der Waals surface area (Å²) in [4.78, 5) is 23.3. The molecule has 0 fully saturated rings. The smallest absolute Gasteiger partial charge is 0.292 e. The molecular weight excluding hydrogens is 308 g/mol. The van der Waals surface area contributed by atoms with Crippen LogP contribution in [0.2, 0.25) is 0 Å². The van der Waals surface area contributed by atoms with Crippen LogP contribution in [0.15, 0.2) is 63.6 Å². The molecule has 0 spiro atoms. The Morgan fingerprint density at radius 3 is 2.50 bits per heavy atom. The van der Waals surface area contributed by atoms with Crippen molar-refractivity contribution in [3.05, 3.63) is 64.4 Å². The lowest BCUT2D eigenvalue weighted by Crippen LogP contribution is -1.96. The molecule has 0 unspecified atom stereocenters. The largest absolute Gasteiger partial charge is 0.508 e. The molecule has 0 saturated heterocycles. The van der Waals surface area contributed by atoms with Gasteiger partial charge in [-0.2, -0.15) is 5.11 Å². The Balaban J connectivity index is 1.97. The van der Waals surface area contributed by atoms with Gasteiger partial charge in [0.2, 0.25) is 0 Å². The first kappa shape index (κ1) is 15.4. The number of hydrogen-bond acceptors (Lipinski definition) is 5. The van der Waals surface area contributed by atoms with Crippen LogP contribution in [0.5, 0.6) is 5.75 Å². The number of nitrogens with one attached hydrogen (secondary N) is 2. The summed E-state index contributed by atoms with van der Waals surface area (Å²) in [5.41, 5.74) is 1.84. The molecule has 3 aromatic rings. The van der Waals surface area contributed by atoms with Gasteiger partial charge in [-0.05, 0) is 43.3 Å². The molecule has 120 valence electrons. The van der Waals surface area contributed by atoms with Crippen LogP contribution in [0.4, 0.5) is 11.4 Å². The zero-order chi connectivity index (χ0) is 17.1. The number of phenolic OH excluding ortho intramolecular Hbond substituents is 1. The highest BCUT2D eigenvalue weighted by molar-refractivity contribution is 5.94.